The van der Waals surface area contributed by atoms with E-state index < -0.39 is 10.6 Å². The molecule has 0 aliphatic heterocycles. The van der Waals surface area contributed by atoms with Crippen molar-refractivity contribution in [2.75, 3.05) is 5.32 Å². The van der Waals surface area contributed by atoms with Crippen LogP contribution in [0.3, 0.4) is 0 Å². The number of nitrogens with one attached hydrogen (secondary N) is 1. The summed E-state index contributed by atoms with van der Waals surface area (Å²) in [5, 5.41) is 28.6. The van der Waals surface area contributed by atoms with Gasteiger partial charge in [0, 0.05) is 5.39 Å². The number of hydrogen-bond donors (Lipinski definition) is 1. The fourth-order valence-electron chi connectivity index (χ4n) is 3.10. The second kappa shape index (κ2) is 7.38. The van der Waals surface area contributed by atoms with E-state index in [1.54, 1.807) is 0 Å². The van der Waals surface area contributed by atoms with Crippen molar-refractivity contribution in [2.24, 2.45) is 0 Å². The second-order valence-corrected chi connectivity index (χ2v) is 6.80. The Bertz CT molecular complexity index is 1360. The second-order valence-electron chi connectivity index (χ2n) is 6.44. The first kappa shape index (κ1) is 19.2. The molecule has 0 saturated heterocycles. The number of nitriles is 1. The molecule has 0 atom stereocenters. The maximum atomic E-state index is 11.4. The molecule has 0 spiro atoms. The number of hydrogen-bond acceptors (Lipinski definition) is 8. The van der Waals surface area contributed by atoms with Crippen molar-refractivity contribution in [1.82, 2.24) is 24.7 Å². The van der Waals surface area contributed by atoms with Crippen LogP contribution in [-0.4, -0.2) is 29.7 Å². The fourth-order valence-corrected chi connectivity index (χ4v) is 3.30. The van der Waals surface area contributed by atoms with Crippen LogP contribution in [0, 0.1) is 35.3 Å². The lowest BCUT2D eigenvalue weighted by atomic mass is 10.1. The van der Waals surface area contributed by atoms with Crippen LogP contribution in [0.2, 0.25) is 5.15 Å². The molecule has 0 radical (unpaired) electrons. The zero-order chi connectivity index (χ0) is 21.4. The summed E-state index contributed by atoms with van der Waals surface area (Å²) >= 11 is 5.87. The van der Waals surface area contributed by atoms with E-state index >= 15 is 0 Å². The Labute approximate surface area is 174 Å². The number of aromatic nitrogens is 5. The normalized spacial score (nSPS) is 10.7. The van der Waals surface area contributed by atoms with E-state index in [1.165, 1.54) is 10.9 Å². The molecule has 0 bridgehead atoms. The maximum Gasteiger partial charge on any atom is 0.348 e. The molecule has 148 valence electrons. The van der Waals surface area contributed by atoms with Gasteiger partial charge in [0.15, 0.2) is 11.6 Å². The molecule has 0 aliphatic rings. The Morgan fingerprint density at radius 3 is 2.80 bits per heavy atom. The molecule has 0 fully saturated rings. The summed E-state index contributed by atoms with van der Waals surface area (Å²) in [5.41, 5.74) is 2.40. The van der Waals surface area contributed by atoms with E-state index in [1.807, 2.05) is 44.2 Å². The predicted molar refractivity (Wildman–Crippen MR) is 110 cm³/mol. The first-order chi connectivity index (χ1) is 14.4. The number of anilines is 2. The molecule has 0 saturated carbocycles. The van der Waals surface area contributed by atoms with Gasteiger partial charge in [-0.05, 0) is 31.0 Å². The largest absolute Gasteiger partial charge is 0.348 e. The lowest BCUT2D eigenvalue weighted by molar-refractivity contribution is -0.384. The van der Waals surface area contributed by atoms with E-state index in [9.17, 15) is 15.4 Å². The molecule has 0 unspecified atom stereocenters. The molecular formula is C19H13ClN8O2. The van der Waals surface area contributed by atoms with Gasteiger partial charge in [0.1, 0.15) is 18.0 Å². The molecule has 3 heterocycles. The zero-order valence-electron chi connectivity index (χ0n) is 15.8. The highest BCUT2D eigenvalue weighted by Crippen LogP contribution is 2.32. The third-order valence-corrected chi connectivity index (χ3v) is 4.81. The van der Waals surface area contributed by atoms with Crippen LogP contribution in [0.4, 0.5) is 17.3 Å². The number of nitrogens with zero attached hydrogens (tertiary/aromatic N) is 7. The van der Waals surface area contributed by atoms with E-state index in [4.69, 9.17) is 11.6 Å². The molecule has 1 N–H and O–H groups in total. The fraction of sp³-hybridized carbons (Fsp3) is 0.105. The van der Waals surface area contributed by atoms with Crippen molar-refractivity contribution in [3.8, 4) is 11.9 Å². The highest BCUT2D eigenvalue weighted by atomic mass is 35.5. The third kappa shape index (κ3) is 3.17. The lowest BCUT2D eigenvalue weighted by Gasteiger charge is -2.12. The van der Waals surface area contributed by atoms with Gasteiger partial charge >= 0.3 is 5.69 Å². The van der Waals surface area contributed by atoms with Crippen LogP contribution >= 0.6 is 11.6 Å². The van der Waals surface area contributed by atoms with Crippen LogP contribution < -0.4 is 5.32 Å². The summed E-state index contributed by atoms with van der Waals surface area (Å²) in [6.07, 6.45) is 2.43. The first-order valence-electron chi connectivity index (χ1n) is 8.68. The van der Waals surface area contributed by atoms with Gasteiger partial charge in [-0.15, -0.1) is 0 Å². The molecule has 11 heteroatoms. The van der Waals surface area contributed by atoms with Crippen LogP contribution in [-0.2, 0) is 0 Å². The van der Waals surface area contributed by atoms with Crippen LogP contribution in [0.15, 0.2) is 36.8 Å². The summed E-state index contributed by atoms with van der Waals surface area (Å²) in [5.74, 6) is 0.461. The summed E-state index contributed by atoms with van der Waals surface area (Å²) in [7, 11) is 0. The van der Waals surface area contributed by atoms with Crippen LogP contribution in [0.5, 0.6) is 0 Å². The van der Waals surface area contributed by atoms with Gasteiger partial charge in [0.2, 0.25) is 11.0 Å². The van der Waals surface area contributed by atoms with Gasteiger partial charge in [-0.2, -0.15) is 15.0 Å². The van der Waals surface area contributed by atoms with Crippen molar-refractivity contribution >= 4 is 39.8 Å². The highest BCUT2D eigenvalue weighted by molar-refractivity contribution is 6.31. The van der Waals surface area contributed by atoms with Crippen molar-refractivity contribution in [1.29, 1.82) is 5.26 Å². The molecule has 0 aliphatic carbocycles. The topological polar surface area (TPSA) is 135 Å². The van der Waals surface area contributed by atoms with Gasteiger partial charge in [-0.25, -0.2) is 15.0 Å². The molecule has 3 aromatic heterocycles. The number of benzene rings is 1. The average Bonchev–Trinajstić information content (AvgIpc) is 3.11. The lowest BCUT2D eigenvalue weighted by Crippen LogP contribution is -2.09. The number of para-hydroxylation sites is 1. The van der Waals surface area contributed by atoms with E-state index in [-0.39, 0.29) is 22.4 Å². The van der Waals surface area contributed by atoms with E-state index in [0.717, 1.165) is 28.4 Å². The number of nitro groups is 1. The average molecular weight is 421 g/mol. The minimum Gasteiger partial charge on any atom is -0.318 e. The standard InChI is InChI=1S/C19H13ClN8O2/c1-10-4-3-5-13-11(2)6-14(25-15(10)13)27-19(12(7-21)8-24-27)26-18-16(28(29)30)17(20)22-9-23-18/h3-6,8-9H,1-2H3,(H,22,23,26). The molecule has 10 nitrogen and oxygen atoms in total. The minimum absolute atomic E-state index is 0.156. The van der Waals surface area contributed by atoms with Gasteiger partial charge in [-0.3, -0.25) is 10.1 Å². The Hall–Kier alpha value is -4.10. The summed E-state index contributed by atoms with van der Waals surface area (Å²) in [6.45, 7) is 3.90. The first-order valence-corrected chi connectivity index (χ1v) is 9.06. The zero-order valence-corrected chi connectivity index (χ0v) is 16.5. The van der Waals surface area contributed by atoms with E-state index in [0.29, 0.717) is 5.82 Å². The molecule has 4 rings (SSSR count). The summed E-state index contributed by atoms with van der Waals surface area (Å²) in [4.78, 5) is 23.0. The number of halogens is 1. The molecule has 1 aromatic carbocycles. The Morgan fingerprint density at radius 1 is 1.27 bits per heavy atom. The van der Waals surface area contributed by atoms with Crippen LogP contribution in [0.1, 0.15) is 16.7 Å². The number of rotatable bonds is 4. The quantitative estimate of drug-likeness (QED) is 0.297. The minimum atomic E-state index is -0.695. The van der Waals surface area contributed by atoms with Gasteiger partial charge in [-0.1, -0.05) is 29.8 Å². The number of pyridine rings is 1. The van der Waals surface area contributed by atoms with Crippen molar-refractivity contribution < 1.29 is 4.92 Å². The summed E-state index contributed by atoms with van der Waals surface area (Å²) < 4.78 is 1.40. The third-order valence-electron chi connectivity index (χ3n) is 4.54. The number of fused-ring (bicyclic) bond motifs is 1. The smallest absolute Gasteiger partial charge is 0.318 e. The van der Waals surface area contributed by atoms with E-state index in [2.05, 4.69) is 25.4 Å². The molecule has 0 amide bonds. The SMILES string of the molecule is Cc1cc(-n2ncc(C#N)c2Nc2ncnc(Cl)c2[N+](=O)[O-])nc2c(C)cccc12. The molecule has 30 heavy (non-hydrogen) atoms. The van der Waals surface area contributed by atoms with Crippen molar-refractivity contribution in [3.63, 3.8) is 0 Å². The Morgan fingerprint density at radius 2 is 2.07 bits per heavy atom. The van der Waals surface area contributed by atoms with Crippen LogP contribution in [0.25, 0.3) is 16.7 Å². The van der Waals surface area contributed by atoms with Gasteiger partial charge in [0.05, 0.1) is 16.6 Å². The Balaban J connectivity index is 1.90. The molecular weight excluding hydrogens is 408 g/mol. The predicted octanol–water partition coefficient (Wildman–Crippen LogP) is 4.00. The highest BCUT2D eigenvalue weighted by Gasteiger charge is 2.24. The summed E-state index contributed by atoms with van der Waals surface area (Å²) in [6, 6.07) is 9.72. The van der Waals surface area contributed by atoms with Gasteiger partial charge < -0.3 is 5.32 Å². The van der Waals surface area contributed by atoms with Crippen molar-refractivity contribution in [3.05, 3.63) is 68.7 Å². The van der Waals surface area contributed by atoms with Gasteiger partial charge in [0.25, 0.3) is 0 Å². The number of aryl methyl sites for hydroxylation is 2. The monoisotopic (exact) mass is 420 g/mol. The van der Waals surface area contributed by atoms with Crippen molar-refractivity contribution in [2.45, 2.75) is 13.8 Å². The molecule has 4 aromatic rings. The maximum absolute atomic E-state index is 11.4. The Kier molecular flexibility index (Phi) is 4.73.